The van der Waals surface area contributed by atoms with Crippen LogP contribution in [0.15, 0.2) is 18.5 Å². The molecule has 1 unspecified atom stereocenters. The third kappa shape index (κ3) is 1.60. The molecule has 0 radical (unpaired) electrons. The molecule has 0 bridgehead atoms. The van der Waals surface area contributed by atoms with Crippen LogP contribution in [0.25, 0.3) is 0 Å². The molecule has 1 aromatic rings. The summed E-state index contributed by atoms with van der Waals surface area (Å²) >= 11 is 0. The lowest BCUT2D eigenvalue weighted by Gasteiger charge is -2.34. The smallest absolute Gasteiger partial charge is 0.0924 e. The second kappa shape index (κ2) is 3.58. The molecule has 76 valence electrons. The van der Waals surface area contributed by atoms with E-state index in [1.165, 1.54) is 6.42 Å². The highest BCUT2D eigenvalue weighted by atomic mass is 16.5. The van der Waals surface area contributed by atoms with Gasteiger partial charge < -0.3 is 10.5 Å². The summed E-state index contributed by atoms with van der Waals surface area (Å²) in [7, 11) is 0. The summed E-state index contributed by atoms with van der Waals surface area (Å²) in [6, 6.07) is 1.96. The first-order valence-corrected chi connectivity index (χ1v) is 5.06. The van der Waals surface area contributed by atoms with Crippen molar-refractivity contribution in [3.8, 4) is 0 Å². The largest absolute Gasteiger partial charge is 0.397 e. The molecular weight excluding hydrogens is 176 g/mol. The molecule has 1 saturated heterocycles. The van der Waals surface area contributed by atoms with Gasteiger partial charge in [-0.15, -0.1) is 0 Å². The monoisotopic (exact) mass is 192 g/mol. The number of aromatic nitrogens is 1. The van der Waals surface area contributed by atoms with E-state index in [4.69, 9.17) is 10.5 Å². The van der Waals surface area contributed by atoms with Crippen molar-refractivity contribution in [1.29, 1.82) is 0 Å². The van der Waals surface area contributed by atoms with E-state index < -0.39 is 0 Å². The zero-order chi connectivity index (χ0) is 10.0. The molecule has 1 aliphatic heterocycles. The van der Waals surface area contributed by atoms with Gasteiger partial charge in [-0.2, -0.15) is 0 Å². The summed E-state index contributed by atoms with van der Waals surface area (Å²) < 4.78 is 5.82. The molecular formula is C11H16N2O. The predicted molar refractivity (Wildman–Crippen MR) is 55.8 cm³/mol. The Labute approximate surface area is 84.3 Å². The molecule has 1 fully saturated rings. The Morgan fingerprint density at radius 1 is 1.50 bits per heavy atom. The van der Waals surface area contributed by atoms with Gasteiger partial charge in [-0.3, -0.25) is 4.98 Å². The van der Waals surface area contributed by atoms with E-state index >= 15 is 0 Å². The Kier molecular flexibility index (Phi) is 2.42. The Bertz CT molecular complexity index is 319. The molecule has 1 aliphatic rings. The molecule has 3 heteroatoms. The maximum Gasteiger partial charge on any atom is 0.0924 e. The third-order valence-electron chi connectivity index (χ3n) is 2.89. The van der Waals surface area contributed by atoms with Gasteiger partial charge in [0, 0.05) is 18.4 Å². The number of nitrogens with two attached hydrogens (primary N) is 1. The first kappa shape index (κ1) is 9.46. The molecule has 2 rings (SSSR count). The van der Waals surface area contributed by atoms with Crippen LogP contribution in [0.2, 0.25) is 0 Å². The zero-order valence-electron chi connectivity index (χ0n) is 8.49. The summed E-state index contributed by atoms with van der Waals surface area (Å²) in [5.74, 6) is 0. The van der Waals surface area contributed by atoms with Gasteiger partial charge in [0.25, 0.3) is 0 Å². The van der Waals surface area contributed by atoms with E-state index in [1.54, 1.807) is 12.4 Å². The highest BCUT2D eigenvalue weighted by Crippen LogP contribution is 2.36. The van der Waals surface area contributed by atoms with Crippen LogP contribution < -0.4 is 5.73 Å². The molecule has 0 spiro atoms. The zero-order valence-corrected chi connectivity index (χ0v) is 8.49. The van der Waals surface area contributed by atoms with Gasteiger partial charge in [0.15, 0.2) is 0 Å². The van der Waals surface area contributed by atoms with Crippen LogP contribution in [0.5, 0.6) is 0 Å². The topological polar surface area (TPSA) is 48.1 Å². The molecule has 0 amide bonds. The second-order valence-electron chi connectivity index (χ2n) is 4.00. The number of ether oxygens (including phenoxy) is 1. The molecule has 2 N–H and O–H groups in total. The van der Waals surface area contributed by atoms with Gasteiger partial charge >= 0.3 is 0 Å². The van der Waals surface area contributed by atoms with Gasteiger partial charge in [-0.25, -0.2) is 0 Å². The average molecular weight is 192 g/mol. The minimum atomic E-state index is -0.203. The molecule has 1 atom stereocenters. The highest BCUT2D eigenvalue weighted by Gasteiger charge is 2.31. The van der Waals surface area contributed by atoms with Crippen molar-refractivity contribution < 1.29 is 4.74 Å². The number of nitrogens with zero attached hydrogens (tertiary/aromatic N) is 1. The van der Waals surface area contributed by atoms with Gasteiger partial charge in [-0.05, 0) is 32.3 Å². The van der Waals surface area contributed by atoms with Crippen molar-refractivity contribution in [2.45, 2.75) is 31.8 Å². The number of rotatable bonds is 1. The van der Waals surface area contributed by atoms with Crippen LogP contribution in [0.1, 0.15) is 31.7 Å². The molecule has 0 aliphatic carbocycles. The first-order valence-electron chi connectivity index (χ1n) is 5.06. The predicted octanol–water partition coefficient (Wildman–Crippen LogP) is 2.08. The number of pyridine rings is 1. The normalized spacial score (nSPS) is 27.5. The highest BCUT2D eigenvalue weighted by molar-refractivity contribution is 5.47. The average Bonchev–Trinajstić information content (AvgIpc) is 2.19. The molecule has 0 aromatic carbocycles. The van der Waals surface area contributed by atoms with Crippen LogP contribution in [0.4, 0.5) is 5.69 Å². The maximum atomic E-state index is 5.89. The quantitative estimate of drug-likeness (QED) is 0.741. The second-order valence-corrected chi connectivity index (χ2v) is 4.00. The molecule has 0 saturated carbocycles. The van der Waals surface area contributed by atoms with E-state index in [0.29, 0.717) is 0 Å². The van der Waals surface area contributed by atoms with Crippen molar-refractivity contribution in [3.63, 3.8) is 0 Å². The lowest BCUT2D eigenvalue weighted by molar-refractivity contribution is -0.0696. The lowest BCUT2D eigenvalue weighted by atomic mass is 9.88. The maximum absolute atomic E-state index is 5.89. The van der Waals surface area contributed by atoms with E-state index in [0.717, 1.165) is 30.7 Å². The van der Waals surface area contributed by atoms with E-state index in [1.807, 2.05) is 6.07 Å². The number of hydrogen-bond acceptors (Lipinski definition) is 3. The van der Waals surface area contributed by atoms with E-state index in [2.05, 4.69) is 11.9 Å². The third-order valence-corrected chi connectivity index (χ3v) is 2.89. The molecule has 2 heterocycles. The van der Waals surface area contributed by atoms with E-state index in [9.17, 15) is 0 Å². The van der Waals surface area contributed by atoms with Crippen LogP contribution in [0.3, 0.4) is 0 Å². The minimum absolute atomic E-state index is 0.203. The van der Waals surface area contributed by atoms with Gasteiger partial charge in [-0.1, -0.05) is 0 Å². The fourth-order valence-corrected chi connectivity index (χ4v) is 2.03. The Morgan fingerprint density at radius 3 is 3.00 bits per heavy atom. The fraction of sp³-hybridized carbons (Fsp3) is 0.545. The molecule has 3 nitrogen and oxygen atoms in total. The Balaban J connectivity index is 2.32. The van der Waals surface area contributed by atoms with Crippen molar-refractivity contribution in [2.24, 2.45) is 0 Å². The first-order chi connectivity index (χ1) is 6.72. The van der Waals surface area contributed by atoms with Crippen molar-refractivity contribution in [2.75, 3.05) is 12.3 Å². The van der Waals surface area contributed by atoms with Crippen molar-refractivity contribution >= 4 is 5.69 Å². The van der Waals surface area contributed by atoms with Gasteiger partial charge in [0.2, 0.25) is 0 Å². The summed E-state index contributed by atoms with van der Waals surface area (Å²) in [5.41, 5.74) is 7.50. The number of anilines is 1. The SMILES string of the molecule is CC1(c2ccncc2N)CCCCO1. The molecule has 14 heavy (non-hydrogen) atoms. The number of nitrogen functional groups attached to an aromatic ring is 1. The van der Waals surface area contributed by atoms with Gasteiger partial charge in [0.05, 0.1) is 17.5 Å². The van der Waals surface area contributed by atoms with Crippen molar-refractivity contribution in [3.05, 3.63) is 24.0 Å². The standard InChI is InChI=1S/C11H16N2O/c1-11(5-2-3-7-14-11)9-4-6-13-8-10(9)12/h4,6,8H,2-3,5,7,12H2,1H3. The summed E-state index contributed by atoms with van der Waals surface area (Å²) in [6.07, 6.45) is 6.87. The van der Waals surface area contributed by atoms with E-state index in [-0.39, 0.29) is 5.60 Å². The van der Waals surface area contributed by atoms with Crippen LogP contribution in [-0.4, -0.2) is 11.6 Å². The summed E-state index contributed by atoms with van der Waals surface area (Å²) in [4.78, 5) is 3.99. The lowest BCUT2D eigenvalue weighted by Crippen LogP contribution is -2.31. The minimum Gasteiger partial charge on any atom is -0.397 e. The van der Waals surface area contributed by atoms with Gasteiger partial charge in [0.1, 0.15) is 0 Å². The Hall–Kier alpha value is -1.09. The molecule has 1 aromatic heterocycles. The van der Waals surface area contributed by atoms with Crippen LogP contribution in [-0.2, 0) is 10.3 Å². The fourth-order valence-electron chi connectivity index (χ4n) is 2.03. The van der Waals surface area contributed by atoms with Crippen LogP contribution >= 0.6 is 0 Å². The van der Waals surface area contributed by atoms with Crippen LogP contribution in [0, 0.1) is 0 Å². The number of hydrogen-bond donors (Lipinski definition) is 1. The summed E-state index contributed by atoms with van der Waals surface area (Å²) in [6.45, 7) is 2.94. The Morgan fingerprint density at radius 2 is 2.36 bits per heavy atom. The van der Waals surface area contributed by atoms with Crippen molar-refractivity contribution in [1.82, 2.24) is 4.98 Å². The summed E-state index contributed by atoms with van der Waals surface area (Å²) in [5, 5.41) is 0.